The number of hydrazine groups is 1. The number of fused-ring (bicyclic) bond motifs is 4. The van der Waals surface area contributed by atoms with Gasteiger partial charge in [0.25, 0.3) is 11.8 Å². The summed E-state index contributed by atoms with van der Waals surface area (Å²) in [5.74, 6) is -4.66. The van der Waals surface area contributed by atoms with E-state index in [9.17, 15) is 19.5 Å². The molecule has 252 valence electrons. The van der Waals surface area contributed by atoms with Gasteiger partial charge in [-0.25, -0.2) is 0 Å². The van der Waals surface area contributed by atoms with Crippen molar-refractivity contribution >= 4 is 40.7 Å². The summed E-state index contributed by atoms with van der Waals surface area (Å²) in [5, 5.41) is 15.0. The lowest BCUT2D eigenvalue weighted by Gasteiger charge is -2.50. The molecule has 2 N–H and O–H groups in total. The van der Waals surface area contributed by atoms with Crippen molar-refractivity contribution in [2.24, 2.45) is 23.7 Å². The Balaban J connectivity index is 1.32. The van der Waals surface area contributed by atoms with Gasteiger partial charge in [-0.2, -0.15) is 5.01 Å². The number of thiophene rings is 1. The van der Waals surface area contributed by atoms with Crippen molar-refractivity contribution < 1.29 is 24.3 Å². The number of nitrogens with one attached hydrogen (secondary N) is 1. The van der Waals surface area contributed by atoms with Crippen molar-refractivity contribution in [1.29, 1.82) is 0 Å². The number of carbonyl (C=O) groups excluding carboxylic acids is 4. The summed E-state index contributed by atoms with van der Waals surface area (Å²) in [6.07, 6.45) is 4.67. The maximum Gasteiger partial charge on any atom is 0.260 e. The summed E-state index contributed by atoms with van der Waals surface area (Å²) >= 11 is 1.50. The average molecular weight is 684 g/mol. The smallest absolute Gasteiger partial charge is 0.260 e. The highest BCUT2D eigenvalue weighted by atomic mass is 32.1. The van der Waals surface area contributed by atoms with Gasteiger partial charge in [0.15, 0.2) is 0 Å². The van der Waals surface area contributed by atoms with Crippen LogP contribution in [0.3, 0.4) is 0 Å². The first-order valence-corrected chi connectivity index (χ1v) is 17.9. The molecule has 4 amide bonds. The molecule has 2 saturated heterocycles. The molecule has 3 fully saturated rings. The van der Waals surface area contributed by atoms with Crippen LogP contribution in [-0.2, 0) is 37.6 Å². The Morgan fingerprint density at radius 1 is 0.920 bits per heavy atom. The number of allylic oxidation sites excluding steroid dienone is 3. The quantitative estimate of drug-likeness (QED) is 0.159. The van der Waals surface area contributed by atoms with Crippen molar-refractivity contribution in [3.63, 3.8) is 0 Å². The van der Waals surface area contributed by atoms with Crippen LogP contribution in [0.2, 0.25) is 0 Å². The number of nitrogens with zero attached hydrogens (tertiary/aromatic N) is 2. The summed E-state index contributed by atoms with van der Waals surface area (Å²) in [4.78, 5) is 60.6. The van der Waals surface area contributed by atoms with E-state index in [1.807, 2.05) is 103 Å². The summed E-state index contributed by atoms with van der Waals surface area (Å²) in [5.41, 5.74) is 5.93. The highest BCUT2D eigenvalue weighted by Crippen LogP contribution is 2.65. The summed E-state index contributed by atoms with van der Waals surface area (Å²) in [6, 6.07) is 26.1. The largest absolute Gasteiger partial charge is 0.507 e. The van der Waals surface area contributed by atoms with Crippen LogP contribution < -0.4 is 5.43 Å². The maximum atomic E-state index is 15.3. The molecular formula is C41H37N3O5S. The van der Waals surface area contributed by atoms with Gasteiger partial charge in [-0.05, 0) is 66.8 Å². The molecule has 4 aliphatic rings. The normalized spacial score (nSPS) is 27.1. The lowest BCUT2D eigenvalue weighted by Crippen LogP contribution is -2.53. The minimum atomic E-state index is -1.45. The zero-order chi connectivity index (χ0) is 34.7. The molecule has 50 heavy (non-hydrogen) atoms. The van der Waals surface area contributed by atoms with Gasteiger partial charge in [0.1, 0.15) is 5.75 Å². The van der Waals surface area contributed by atoms with Crippen LogP contribution in [0, 0.1) is 30.6 Å². The van der Waals surface area contributed by atoms with Crippen LogP contribution in [-0.4, -0.2) is 38.6 Å². The number of likely N-dealkylation sites (tertiary alicyclic amines) is 1. The molecule has 8 rings (SSSR count). The molecule has 0 radical (unpaired) electrons. The van der Waals surface area contributed by atoms with Gasteiger partial charge >= 0.3 is 0 Å². The predicted molar refractivity (Wildman–Crippen MR) is 191 cm³/mol. The van der Waals surface area contributed by atoms with Gasteiger partial charge in [-0.1, -0.05) is 90.0 Å². The number of aryl methyl sites for hydroxylation is 1. The number of hydrogen-bond acceptors (Lipinski definition) is 7. The zero-order valence-corrected chi connectivity index (χ0v) is 28.4. The number of amides is 4. The highest BCUT2D eigenvalue weighted by molar-refractivity contribution is 7.09. The molecule has 6 atom stereocenters. The number of rotatable bonds is 8. The molecule has 2 aliphatic heterocycles. The molecular weight excluding hydrogens is 647 g/mol. The zero-order valence-electron chi connectivity index (χ0n) is 27.6. The average Bonchev–Trinajstić information content (AvgIpc) is 3.79. The van der Waals surface area contributed by atoms with Crippen molar-refractivity contribution in [1.82, 2.24) is 9.91 Å². The number of para-hydroxylation sites is 1. The van der Waals surface area contributed by atoms with Crippen molar-refractivity contribution in [3.8, 4) is 5.75 Å². The van der Waals surface area contributed by atoms with Crippen LogP contribution in [0.4, 0.5) is 5.69 Å². The van der Waals surface area contributed by atoms with Crippen LogP contribution in [0.25, 0.3) is 0 Å². The topological polar surface area (TPSA) is 107 Å². The van der Waals surface area contributed by atoms with Crippen LogP contribution in [0.1, 0.15) is 45.9 Å². The second-order valence-electron chi connectivity index (χ2n) is 13.8. The van der Waals surface area contributed by atoms with E-state index in [1.54, 1.807) is 6.08 Å². The Hall–Kier alpha value is -5.28. The van der Waals surface area contributed by atoms with E-state index in [2.05, 4.69) is 12.0 Å². The van der Waals surface area contributed by atoms with Crippen LogP contribution >= 0.6 is 11.3 Å². The first-order valence-electron chi connectivity index (χ1n) is 17.0. The van der Waals surface area contributed by atoms with Crippen molar-refractivity contribution in [3.05, 3.63) is 142 Å². The first-order chi connectivity index (χ1) is 24.2. The third kappa shape index (κ3) is 4.70. The second kappa shape index (κ2) is 12.2. The number of aromatic hydroxyl groups is 1. The lowest BCUT2D eigenvalue weighted by atomic mass is 9.49. The van der Waals surface area contributed by atoms with E-state index < -0.39 is 46.8 Å². The summed E-state index contributed by atoms with van der Waals surface area (Å²) in [7, 11) is 0. The number of carbonyl (C=O) groups is 4. The minimum absolute atomic E-state index is 0.0356. The van der Waals surface area contributed by atoms with Crippen LogP contribution in [0.5, 0.6) is 5.75 Å². The van der Waals surface area contributed by atoms with E-state index in [4.69, 9.17) is 0 Å². The van der Waals surface area contributed by atoms with Crippen molar-refractivity contribution in [2.75, 3.05) is 5.43 Å². The van der Waals surface area contributed by atoms with Gasteiger partial charge in [0.2, 0.25) is 11.8 Å². The first kappa shape index (κ1) is 32.0. The van der Waals surface area contributed by atoms with Gasteiger partial charge in [0.05, 0.1) is 35.4 Å². The Kier molecular flexibility index (Phi) is 7.83. The Labute approximate surface area is 294 Å². The molecule has 9 heteroatoms. The molecule has 0 bridgehead atoms. The van der Waals surface area contributed by atoms with E-state index in [0.29, 0.717) is 35.2 Å². The molecule has 4 aromatic rings. The van der Waals surface area contributed by atoms with Crippen molar-refractivity contribution in [2.45, 2.75) is 44.1 Å². The van der Waals surface area contributed by atoms with Gasteiger partial charge in [-0.3, -0.25) is 29.5 Å². The third-order valence-electron chi connectivity index (χ3n) is 11.2. The molecule has 1 aromatic heterocycles. The number of phenols is 1. The fourth-order valence-electron chi connectivity index (χ4n) is 9.04. The molecule has 1 saturated carbocycles. The minimum Gasteiger partial charge on any atom is -0.507 e. The van der Waals surface area contributed by atoms with E-state index >= 15 is 4.79 Å². The predicted octanol–water partition coefficient (Wildman–Crippen LogP) is 6.68. The molecule has 0 spiro atoms. The highest BCUT2D eigenvalue weighted by Gasteiger charge is 2.70. The molecule has 3 heterocycles. The van der Waals surface area contributed by atoms with Gasteiger partial charge in [-0.15, -0.1) is 17.9 Å². The monoisotopic (exact) mass is 683 g/mol. The molecule has 3 aromatic carbocycles. The number of imide groups is 2. The number of phenolic OH excluding ortho intramolecular Hbond substituents is 1. The van der Waals surface area contributed by atoms with E-state index in [-0.39, 0.29) is 30.5 Å². The standard InChI is InChI=1S/C41H37N3O5S/c1-3-9-25-10-7-14-31(36(25)45)35-29-19-20-30-34(39(48)43(37(30)46)23-28-13-8-21-50-28)32(29)22-33-38(47)44(42-27-17-15-24(2)16-18-27)40(49)41(33,35)26-11-5-4-6-12-26/h3-8,10-19,21,30,32-35,42,45H,1,9,20,22-23H2,2H3/t30-,32+,33-,34-,35+,41+/m0/s1. The lowest BCUT2D eigenvalue weighted by molar-refractivity contribution is -0.141. The van der Waals surface area contributed by atoms with E-state index in [0.717, 1.165) is 21.0 Å². The number of hydrogen-bond donors (Lipinski definition) is 2. The maximum absolute atomic E-state index is 15.3. The fraction of sp³-hybridized carbons (Fsp3) is 0.268. The second-order valence-corrected chi connectivity index (χ2v) is 14.8. The van der Waals surface area contributed by atoms with Gasteiger partial charge < -0.3 is 5.11 Å². The summed E-state index contributed by atoms with van der Waals surface area (Å²) < 4.78 is 0. The Morgan fingerprint density at radius 3 is 2.42 bits per heavy atom. The third-order valence-corrected chi connectivity index (χ3v) is 12.1. The fourth-order valence-corrected chi connectivity index (χ4v) is 9.73. The molecule has 2 aliphatic carbocycles. The summed E-state index contributed by atoms with van der Waals surface area (Å²) in [6.45, 7) is 6.05. The van der Waals surface area contributed by atoms with E-state index in [1.165, 1.54) is 16.2 Å². The Bertz CT molecular complexity index is 2060. The molecule has 0 unspecified atom stereocenters. The Morgan fingerprint density at radius 2 is 1.70 bits per heavy atom. The van der Waals surface area contributed by atoms with Gasteiger partial charge in [0, 0.05) is 16.4 Å². The molecule has 8 nitrogen and oxygen atoms in total. The number of benzene rings is 3. The number of anilines is 1. The SMILES string of the molecule is C=CCc1cccc([C@H]2C3=CC[C@@H]4C(=O)N(Cc5cccs5)C(=O)[C@@H]4[C@@H]3C[C@H]3C(=O)N(Nc4ccc(C)cc4)C(=O)[C@@]23c2ccccc2)c1O. The van der Waals surface area contributed by atoms with Crippen LogP contribution in [0.15, 0.2) is 115 Å².